The first-order valence-corrected chi connectivity index (χ1v) is 10.8. The number of rotatable bonds is 6. The number of carbonyl (C=O) groups is 2. The molecule has 0 spiro atoms. The molecule has 2 fully saturated rings. The van der Waals surface area contributed by atoms with Gasteiger partial charge >= 0.3 is 0 Å². The molecule has 0 radical (unpaired) electrons. The van der Waals surface area contributed by atoms with Gasteiger partial charge in [-0.25, -0.2) is 4.39 Å². The lowest BCUT2D eigenvalue weighted by atomic mass is 9.85. The van der Waals surface area contributed by atoms with Gasteiger partial charge in [-0.1, -0.05) is 24.6 Å². The van der Waals surface area contributed by atoms with Crippen LogP contribution in [0.15, 0.2) is 42.5 Å². The Morgan fingerprint density at radius 1 is 1.00 bits per heavy atom. The Balaban J connectivity index is 1.53. The Morgan fingerprint density at radius 3 is 2.47 bits per heavy atom. The second kappa shape index (κ2) is 9.28. The first kappa shape index (κ1) is 20.4. The number of hydrogen-bond donors (Lipinski definition) is 2. The third kappa shape index (κ3) is 4.64. The number of nitrogens with zero attached hydrogens (tertiary/aromatic N) is 1. The summed E-state index contributed by atoms with van der Waals surface area (Å²) >= 11 is 0. The highest BCUT2D eigenvalue weighted by molar-refractivity contribution is 6.01. The van der Waals surface area contributed by atoms with Crippen LogP contribution in [0.3, 0.4) is 0 Å². The molecular weight excluding hydrogens is 381 g/mol. The van der Waals surface area contributed by atoms with Crippen molar-refractivity contribution in [2.75, 3.05) is 23.3 Å². The Morgan fingerprint density at radius 2 is 1.77 bits per heavy atom. The molecule has 0 atom stereocenters. The van der Waals surface area contributed by atoms with Crippen molar-refractivity contribution in [2.45, 2.75) is 45.1 Å². The maximum atomic E-state index is 13.9. The summed E-state index contributed by atoms with van der Waals surface area (Å²) in [5.74, 6) is -0.409. The van der Waals surface area contributed by atoms with E-state index in [2.05, 4.69) is 15.5 Å². The van der Waals surface area contributed by atoms with Crippen LogP contribution in [0.25, 0.3) is 0 Å². The SMILES string of the molecule is O=C(NCc1ccccc1F)c1ccc(NC(=O)C2CCC2)cc1N1CCCCC1. The second-order valence-corrected chi connectivity index (χ2v) is 8.17. The molecule has 30 heavy (non-hydrogen) atoms. The summed E-state index contributed by atoms with van der Waals surface area (Å²) in [5.41, 5.74) is 2.55. The minimum atomic E-state index is -0.330. The quantitative estimate of drug-likeness (QED) is 0.739. The van der Waals surface area contributed by atoms with Crippen molar-refractivity contribution < 1.29 is 14.0 Å². The molecule has 1 heterocycles. The number of hydrogen-bond acceptors (Lipinski definition) is 3. The van der Waals surface area contributed by atoms with Gasteiger partial charge in [-0.05, 0) is 56.4 Å². The van der Waals surface area contributed by atoms with E-state index in [0.717, 1.165) is 56.6 Å². The van der Waals surface area contributed by atoms with Crippen LogP contribution in [0.4, 0.5) is 15.8 Å². The van der Waals surface area contributed by atoms with Gasteiger partial charge in [0.15, 0.2) is 0 Å². The number of halogens is 1. The van der Waals surface area contributed by atoms with E-state index in [-0.39, 0.29) is 30.1 Å². The van der Waals surface area contributed by atoms with Crippen LogP contribution in [0.1, 0.15) is 54.4 Å². The Kier molecular flexibility index (Phi) is 6.31. The topological polar surface area (TPSA) is 61.4 Å². The zero-order chi connectivity index (χ0) is 20.9. The summed E-state index contributed by atoms with van der Waals surface area (Å²) < 4.78 is 13.9. The molecule has 1 aliphatic carbocycles. The maximum Gasteiger partial charge on any atom is 0.253 e. The molecule has 2 N–H and O–H groups in total. The first-order chi connectivity index (χ1) is 14.6. The number of nitrogens with one attached hydrogen (secondary N) is 2. The van der Waals surface area contributed by atoms with Crippen LogP contribution in [0.5, 0.6) is 0 Å². The summed E-state index contributed by atoms with van der Waals surface area (Å²) in [6.07, 6.45) is 6.34. The second-order valence-electron chi connectivity index (χ2n) is 8.17. The monoisotopic (exact) mass is 409 g/mol. The summed E-state index contributed by atoms with van der Waals surface area (Å²) in [4.78, 5) is 27.5. The van der Waals surface area contributed by atoms with Crippen molar-refractivity contribution in [2.24, 2.45) is 5.92 Å². The van der Waals surface area contributed by atoms with E-state index < -0.39 is 0 Å². The van der Waals surface area contributed by atoms with E-state index >= 15 is 0 Å². The molecule has 6 heteroatoms. The highest BCUT2D eigenvalue weighted by Crippen LogP contribution is 2.31. The van der Waals surface area contributed by atoms with E-state index in [1.165, 1.54) is 12.5 Å². The molecule has 2 aromatic carbocycles. The average Bonchev–Trinajstić information content (AvgIpc) is 2.72. The zero-order valence-electron chi connectivity index (χ0n) is 17.1. The van der Waals surface area contributed by atoms with E-state index in [4.69, 9.17) is 0 Å². The highest BCUT2D eigenvalue weighted by atomic mass is 19.1. The first-order valence-electron chi connectivity index (χ1n) is 10.8. The number of carbonyl (C=O) groups excluding carboxylic acids is 2. The summed E-state index contributed by atoms with van der Waals surface area (Å²) in [7, 11) is 0. The molecule has 2 amide bonds. The normalized spacial score (nSPS) is 16.6. The molecule has 2 aliphatic rings. The van der Waals surface area contributed by atoms with E-state index in [1.807, 2.05) is 6.07 Å². The molecule has 1 saturated carbocycles. The minimum Gasteiger partial charge on any atom is -0.371 e. The third-order valence-electron chi connectivity index (χ3n) is 6.08. The number of benzene rings is 2. The maximum absolute atomic E-state index is 13.9. The van der Waals surface area contributed by atoms with Crippen LogP contribution in [0, 0.1) is 11.7 Å². The molecule has 0 bridgehead atoms. The van der Waals surface area contributed by atoms with Gasteiger partial charge in [0.25, 0.3) is 5.91 Å². The van der Waals surface area contributed by atoms with E-state index in [1.54, 1.807) is 30.3 Å². The van der Waals surface area contributed by atoms with Gasteiger partial charge in [0.05, 0.1) is 11.3 Å². The van der Waals surface area contributed by atoms with Crippen LogP contribution >= 0.6 is 0 Å². The molecule has 4 rings (SSSR count). The van der Waals surface area contributed by atoms with Crippen molar-refractivity contribution in [1.29, 1.82) is 0 Å². The van der Waals surface area contributed by atoms with Gasteiger partial charge < -0.3 is 15.5 Å². The molecular formula is C24H28FN3O2. The lowest BCUT2D eigenvalue weighted by molar-refractivity contribution is -0.122. The predicted octanol–water partition coefficient (Wildman–Crippen LogP) is 4.48. The van der Waals surface area contributed by atoms with Crippen molar-refractivity contribution in [3.05, 3.63) is 59.4 Å². The Hall–Kier alpha value is -2.89. The number of anilines is 2. The lowest BCUT2D eigenvalue weighted by Crippen LogP contribution is -2.33. The van der Waals surface area contributed by atoms with Gasteiger partial charge in [0.2, 0.25) is 5.91 Å². The molecule has 1 aliphatic heterocycles. The van der Waals surface area contributed by atoms with Crippen molar-refractivity contribution in [3.8, 4) is 0 Å². The number of piperidine rings is 1. The minimum absolute atomic E-state index is 0.0580. The van der Waals surface area contributed by atoms with Crippen molar-refractivity contribution >= 4 is 23.2 Å². The van der Waals surface area contributed by atoms with Gasteiger partial charge in [0.1, 0.15) is 5.82 Å². The van der Waals surface area contributed by atoms with Gasteiger partial charge in [-0.2, -0.15) is 0 Å². The fraction of sp³-hybridized carbons (Fsp3) is 0.417. The molecule has 1 saturated heterocycles. The summed E-state index contributed by atoms with van der Waals surface area (Å²) in [6, 6.07) is 11.9. The van der Waals surface area contributed by atoms with Gasteiger partial charge in [-0.3, -0.25) is 9.59 Å². The standard InChI is InChI=1S/C24H28FN3O2/c25-21-10-3-2-7-18(21)16-26-24(30)20-12-11-19(27-23(29)17-8-6-9-17)15-22(20)28-13-4-1-5-14-28/h2-3,7,10-12,15,17H,1,4-6,8-9,13-14,16H2,(H,26,30)(H,27,29). The summed E-state index contributed by atoms with van der Waals surface area (Å²) in [5, 5.41) is 5.85. The molecule has 158 valence electrons. The van der Waals surface area contributed by atoms with Gasteiger partial charge in [0, 0.05) is 36.8 Å². The molecule has 0 unspecified atom stereocenters. The summed E-state index contributed by atoms with van der Waals surface area (Å²) in [6.45, 7) is 1.90. The Labute approximate surface area is 176 Å². The van der Waals surface area contributed by atoms with Crippen LogP contribution in [-0.2, 0) is 11.3 Å². The Bertz CT molecular complexity index is 920. The largest absolute Gasteiger partial charge is 0.371 e. The highest BCUT2D eigenvalue weighted by Gasteiger charge is 2.26. The average molecular weight is 410 g/mol. The lowest BCUT2D eigenvalue weighted by Gasteiger charge is -2.31. The van der Waals surface area contributed by atoms with Crippen molar-refractivity contribution in [3.63, 3.8) is 0 Å². The van der Waals surface area contributed by atoms with Crippen molar-refractivity contribution in [1.82, 2.24) is 5.32 Å². The van der Waals surface area contributed by atoms with Crippen LogP contribution in [-0.4, -0.2) is 24.9 Å². The fourth-order valence-corrected chi connectivity index (χ4v) is 4.03. The number of amides is 2. The molecule has 0 aromatic heterocycles. The van der Waals surface area contributed by atoms with E-state index in [9.17, 15) is 14.0 Å². The molecule has 5 nitrogen and oxygen atoms in total. The zero-order valence-corrected chi connectivity index (χ0v) is 17.1. The van der Waals surface area contributed by atoms with Crippen LogP contribution in [0.2, 0.25) is 0 Å². The smallest absolute Gasteiger partial charge is 0.253 e. The predicted molar refractivity (Wildman–Crippen MR) is 116 cm³/mol. The fourth-order valence-electron chi connectivity index (χ4n) is 4.03. The van der Waals surface area contributed by atoms with Gasteiger partial charge in [-0.15, -0.1) is 0 Å². The van der Waals surface area contributed by atoms with E-state index in [0.29, 0.717) is 11.1 Å². The van der Waals surface area contributed by atoms with Crippen LogP contribution < -0.4 is 15.5 Å². The molecule has 2 aromatic rings. The third-order valence-corrected chi connectivity index (χ3v) is 6.08.